The quantitative estimate of drug-likeness (QED) is 0.145. The highest BCUT2D eigenvalue weighted by atomic mass is 32.1. The summed E-state index contributed by atoms with van der Waals surface area (Å²) in [6.45, 7) is 9.68. The number of nitrogens with one attached hydrogen (secondary N) is 2. The van der Waals surface area contributed by atoms with Crippen LogP contribution in [0.1, 0.15) is 95.3 Å². The van der Waals surface area contributed by atoms with Crippen LogP contribution in [0.3, 0.4) is 0 Å². The number of piperidine rings is 1. The molecule has 0 saturated carbocycles. The highest BCUT2D eigenvalue weighted by molar-refractivity contribution is 7.80. The summed E-state index contributed by atoms with van der Waals surface area (Å²) in [4.78, 5) is 12.9. The number of hydrogen-bond acceptors (Lipinski definition) is 3. The second-order valence-electron chi connectivity index (χ2n) is 9.91. The van der Waals surface area contributed by atoms with Gasteiger partial charge in [-0.2, -0.15) is 0 Å². The summed E-state index contributed by atoms with van der Waals surface area (Å²) in [5.74, 6) is 0.842. The number of rotatable bonds is 14. The van der Waals surface area contributed by atoms with E-state index < -0.39 is 0 Å². The standard InChI is InChI=1S/C30H46N2OS/c1-24(11-4-5-16-27-17-10-21-31-23-27)12-8-13-25(2)14-9-15-26(3)20-22-32-30(33)28-18-6-7-19-29(28)34/h6-7,12,14,18-20,27,31,34H,4-5,8-11,13,15-17,21-23H2,1-3H3,(H,32,33). The number of amides is 1. The number of carbonyl (C=O) groups is 1. The SMILES string of the molecule is CC(=CCCC(C)=CCNC(=O)c1ccccc1S)CCC=C(C)CCCCC1CCCNC1. The minimum atomic E-state index is -0.0738. The molecule has 1 unspecified atom stereocenters. The maximum absolute atomic E-state index is 12.2. The van der Waals surface area contributed by atoms with E-state index in [1.807, 2.05) is 18.2 Å². The van der Waals surface area contributed by atoms with Gasteiger partial charge in [0.1, 0.15) is 0 Å². The van der Waals surface area contributed by atoms with Gasteiger partial charge in [-0.25, -0.2) is 0 Å². The van der Waals surface area contributed by atoms with E-state index in [0.717, 1.165) is 31.6 Å². The van der Waals surface area contributed by atoms with Crippen molar-refractivity contribution in [2.45, 2.75) is 89.9 Å². The summed E-state index contributed by atoms with van der Waals surface area (Å²) < 4.78 is 0. The largest absolute Gasteiger partial charge is 0.349 e. The molecule has 1 heterocycles. The first-order valence-corrected chi connectivity index (χ1v) is 13.6. The van der Waals surface area contributed by atoms with Gasteiger partial charge in [-0.15, -0.1) is 12.6 Å². The molecule has 1 fully saturated rings. The lowest BCUT2D eigenvalue weighted by Gasteiger charge is -2.22. The van der Waals surface area contributed by atoms with Crippen LogP contribution in [0.5, 0.6) is 0 Å². The Hall–Kier alpha value is -1.78. The predicted octanol–water partition coefficient (Wildman–Crippen LogP) is 7.66. The lowest BCUT2D eigenvalue weighted by molar-refractivity contribution is 0.0955. The molecular weight excluding hydrogens is 436 g/mol. The van der Waals surface area contributed by atoms with Crippen LogP contribution in [-0.4, -0.2) is 25.5 Å². The van der Waals surface area contributed by atoms with E-state index in [1.54, 1.807) is 11.6 Å². The summed E-state index contributed by atoms with van der Waals surface area (Å²) in [5.41, 5.74) is 4.95. The second kappa shape index (κ2) is 16.8. The molecule has 0 radical (unpaired) electrons. The molecule has 0 bridgehead atoms. The average Bonchev–Trinajstić information content (AvgIpc) is 2.82. The van der Waals surface area contributed by atoms with Crippen LogP contribution >= 0.6 is 12.6 Å². The Labute approximate surface area is 214 Å². The first-order valence-electron chi connectivity index (χ1n) is 13.2. The number of thiol groups is 1. The molecule has 0 aromatic heterocycles. The van der Waals surface area contributed by atoms with Crippen molar-refractivity contribution in [3.8, 4) is 0 Å². The lowest BCUT2D eigenvalue weighted by atomic mass is 9.93. The molecule has 1 aliphatic rings. The molecule has 3 nitrogen and oxygen atoms in total. The fraction of sp³-hybridized carbons (Fsp3) is 0.567. The Bertz CT molecular complexity index is 834. The zero-order valence-corrected chi connectivity index (χ0v) is 22.6. The number of unbranched alkanes of at least 4 members (excludes halogenated alkanes) is 1. The van der Waals surface area contributed by atoms with Crippen molar-refractivity contribution in [1.29, 1.82) is 0 Å². The smallest absolute Gasteiger partial charge is 0.252 e. The molecule has 2 N–H and O–H groups in total. The van der Waals surface area contributed by atoms with E-state index in [1.165, 1.54) is 62.8 Å². The summed E-state index contributed by atoms with van der Waals surface area (Å²) in [6.07, 6.45) is 19.4. The van der Waals surface area contributed by atoms with Gasteiger partial charge in [-0.05, 0) is 110 Å². The Morgan fingerprint density at radius 1 is 1.00 bits per heavy atom. The number of allylic oxidation sites excluding steroid dienone is 5. The molecule has 1 atom stereocenters. The van der Waals surface area contributed by atoms with Crippen molar-refractivity contribution in [2.75, 3.05) is 19.6 Å². The van der Waals surface area contributed by atoms with E-state index in [2.05, 4.69) is 62.3 Å². The fourth-order valence-corrected chi connectivity index (χ4v) is 4.75. The van der Waals surface area contributed by atoms with Crippen molar-refractivity contribution in [3.63, 3.8) is 0 Å². The Morgan fingerprint density at radius 2 is 1.68 bits per heavy atom. The molecular formula is C30H46N2OS. The summed E-state index contributed by atoms with van der Waals surface area (Å²) in [5, 5.41) is 6.48. The van der Waals surface area contributed by atoms with E-state index in [-0.39, 0.29) is 5.91 Å². The molecule has 1 saturated heterocycles. The van der Waals surface area contributed by atoms with Crippen molar-refractivity contribution in [2.24, 2.45) is 5.92 Å². The zero-order chi connectivity index (χ0) is 24.6. The molecule has 0 aliphatic carbocycles. The molecule has 34 heavy (non-hydrogen) atoms. The maximum atomic E-state index is 12.2. The molecule has 2 rings (SSSR count). The molecule has 1 aromatic carbocycles. The van der Waals surface area contributed by atoms with Crippen LogP contribution in [0.4, 0.5) is 0 Å². The highest BCUT2D eigenvalue weighted by Crippen LogP contribution is 2.19. The highest BCUT2D eigenvalue weighted by Gasteiger charge is 2.11. The van der Waals surface area contributed by atoms with Crippen LogP contribution in [0.25, 0.3) is 0 Å². The van der Waals surface area contributed by atoms with Crippen LogP contribution in [0, 0.1) is 5.92 Å². The number of benzene rings is 1. The van der Waals surface area contributed by atoms with Gasteiger partial charge in [0.2, 0.25) is 0 Å². The molecule has 188 valence electrons. The zero-order valence-electron chi connectivity index (χ0n) is 21.7. The average molecular weight is 483 g/mol. The van der Waals surface area contributed by atoms with E-state index in [4.69, 9.17) is 0 Å². The molecule has 0 spiro atoms. The van der Waals surface area contributed by atoms with Crippen LogP contribution in [-0.2, 0) is 0 Å². The van der Waals surface area contributed by atoms with E-state index in [9.17, 15) is 4.79 Å². The van der Waals surface area contributed by atoms with E-state index in [0.29, 0.717) is 17.0 Å². The van der Waals surface area contributed by atoms with Gasteiger partial charge in [0.05, 0.1) is 5.56 Å². The number of hydrogen-bond donors (Lipinski definition) is 3. The van der Waals surface area contributed by atoms with Crippen molar-refractivity contribution < 1.29 is 4.79 Å². The van der Waals surface area contributed by atoms with Crippen molar-refractivity contribution >= 4 is 18.5 Å². The normalized spacial score (nSPS) is 17.6. The molecule has 4 heteroatoms. The van der Waals surface area contributed by atoms with Gasteiger partial charge in [0.15, 0.2) is 0 Å². The first kappa shape index (κ1) is 28.5. The van der Waals surface area contributed by atoms with Crippen LogP contribution < -0.4 is 10.6 Å². The number of carbonyl (C=O) groups excluding carboxylic acids is 1. The monoisotopic (exact) mass is 482 g/mol. The van der Waals surface area contributed by atoms with Gasteiger partial charge >= 0.3 is 0 Å². The van der Waals surface area contributed by atoms with Gasteiger partial charge in [0.25, 0.3) is 5.91 Å². The molecule has 1 aromatic rings. The molecule has 1 amide bonds. The first-order chi connectivity index (χ1) is 16.5. The van der Waals surface area contributed by atoms with Gasteiger partial charge in [-0.1, -0.05) is 53.5 Å². The molecule has 1 aliphatic heterocycles. The van der Waals surface area contributed by atoms with Crippen molar-refractivity contribution in [1.82, 2.24) is 10.6 Å². The second-order valence-corrected chi connectivity index (χ2v) is 10.4. The maximum Gasteiger partial charge on any atom is 0.252 e. The van der Waals surface area contributed by atoms with Crippen LogP contribution in [0.2, 0.25) is 0 Å². The van der Waals surface area contributed by atoms with Crippen molar-refractivity contribution in [3.05, 3.63) is 64.8 Å². The van der Waals surface area contributed by atoms with Gasteiger partial charge in [0, 0.05) is 11.4 Å². The predicted molar refractivity (Wildman–Crippen MR) is 150 cm³/mol. The van der Waals surface area contributed by atoms with E-state index >= 15 is 0 Å². The Balaban J connectivity index is 1.55. The summed E-state index contributed by atoms with van der Waals surface area (Å²) >= 11 is 4.35. The topological polar surface area (TPSA) is 41.1 Å². The minimum Gasteiger partial charge on any atom is -0.349 e. The fourth-order valence-electron chi connectivity index (χ4n) is 4.48. The van der Waals surface area contributed by atoms with Crippen LogP contribution in [0.15, 0.2) is 64.1 Å². The third kappa shape index (κ3) is 12.1. The Morgan fingerprint density at radius 3 is 2.35 bits per heavy atom. The third-order valence-corrected chi connectivity index (χ3v) is 7.15. The third-order valence-electron chi connectivity index (χ3n) is 6.76. The summed E-state index contributed by atoms with van der Waals surface area (Å²) in [7, 11) is 0. The summed E-state index contributed by atoms with van der Waals surface area (Å²) in [6, 6.07) is 7.38. The lowest BCUT2D eigenvalue weighted by Crippen LogP contribution is -2.29. The minimum absolute atomic E-state index is 0.0738. The van der Waals surface area contributed by atoms with Gasteiger partial charge < -0.3 is 10.6 Å². The van der Waals surface area contributed by atoms with Gasteiger partial charge in [-0.3, -0.25) is 4.79 Å². The Kier molecular flexibility index (Phi) is 14.0.